The highest BCUT2D eigenvalue weighted by molar-refractivity contribution is 5.32. The molecule has 16 heavy (non-hydrogen) atoms. The van der Waals surface area contributed by atoms with Gasteiger partial charge in [0.2, 0.25) is 0 Å². The molecule has 0 atom stereocenters. The van der Waals surface area contributed by atoms with Crippen molar-refractivity contribution in [2.45, 2.75) is 6.42 Å². The number of hydrogen-bond acceptors (Lipinski definition) is 2. The zero-order valence-corrected chi connectivity index (χ0v) is 9.12. The fourth-order valence-electron chi connectivity index (χ4n) is 1.49. The fourth-order valence-corrected chi connectivity index (χ4v) is 1.49. The van der Waals surface area contributed by atoms with Crippen molar-refractivity contribution >= 4 is 0 Å². The van der Waals surface area contributed by atoms with Gasteiger partial charge in [-0.15, -0.1) is 0 Å². The summed E-state index contributed by atoms with van der Waals surface area (Å²) in [7, 11) is 0. The highest BCUT2D eigenvalue weighted by Crippen LogP contribution is 2.17. The summed E-state index contributed by atoms with van der Waals surface area (Å²) in [4.78, 5) is 2.11. The van der Waals surface area contributed by atoms with E-state index in [2.05, 4.69) is 41.6 Å². The molecule has 0 aromatic rings. The normalized spacial score (nSPS) is 19.5. The first-order chi connectivity index (χ1) is 7.97. The lowest BCUT2D eigenvalue weighted by Gasteiger charge is -2.21. The lowest BCUT2D eigenvalue weighted by Crippen LogP contribution is -2.11. The molecule has 0 saturated heterocycles. The Balaban J connectivity index is 0.000000138. The summed E-state index contributed by atoms with van der Waals surface area (Å²) in [5.74, 6) is 0. The van der Waals surface area contributed by atoms with E-state index in [-0.39, 0.29) is 0 Å². The molecule has 0 spiro atoms. The Kier molecular flexibility index (Phi) is 3.83. The Morgan fingerprint density at radius 2 is 2.00 bits per heavy atom. The Hall–Kier alpha value is -1.96. The number of ether oxygens (including phenoxy) is 1. The number of allylic oxidation sites excluding steroid dienone is 7. The zero-order chi connectivity index (χ0) is 11.1. The van der Waals surface area contributed by atoms with Gasteiger partial charge in [-0.05, 0) is 30.7 Å². The first kappa shape index (κ1) is 10.6. The lowest BCUT2D eigenvalue weighted by atomic mass is 10.2. The molecule has 2 heteroatoms. The van der Waals surface area contributed by atoms with Crippen molar-refractivity contribution in [3.05, 3.63) is 73.0 Å². The molecule has 0 amide bonds. The maximum absolute atomic E-state index is 4.80. The number of nitrogens with zero attached hydrogens (tertiary/aromatic N) is 1. The van der Waals surface area contributed by atoms with Gasteiger partial charge < -0.3 is 9.64 Å². The van der Waals surface area contributed by atoms with Crippen LogP contribution in [0.4, 0.5) is 0 Å². The minimum Gasteiger partial charge on any atom is -0.497 e. The molecule has 3 aliphatic rings. The average Bonchev–Trinajstić information content (AvgIpc) is 2.42. The van der Waals surface area contributed by atoms with E-state index in [1.807, 2.05) is 24.3 Å². The monoisotopic (exact) mass is 213 g/mol. The number of hydrogen-bond donors (Lipinski definition) is 0. The van der Waals surface area contributed by atoms with Crippen molar-refractivity contribution in [1.82, 2.24) is 4.90 Å². The quantitative estimate of drug-likeness (QED) is 0.612. The van der Waals surface area contributed by atoms with Crippen molar-refractivity contribution in [2.24, 2.45) is 0 Å². The van der Waals surface area contributed by atoms with Crippen LogP contribution in [-0.2, 0) is 4.74 Å². The van der Waals surface area contributed by atoms with Gasteiger partial charge in [0.1, 0.15) is 6.61 Å². The van der Waals surface area contributed by atoms with Crippen molar-refractivity contribution in [3.8, 4) is 0 Å². The Morgan fingerprint density at radius 3 is 2.62 bits per heavy atom. The van der Waals surface area contributed by atoms with Crippen LogP contribution in [0, 0.1) is 0 Å². The van der Waals surface area contributed by atoms with Gasteiger partial charge in [0.25, 0.3) is 0 Å². The molecule has 0 unspecified atom stereocenters. The van der Waals surface area contributed by atoms with Crippen LogP contribution >= 0.6 is 0 Å². The van der Waals surface area contributed by atoms with E-state index in [9.17, 15) is 0 Å². The highest BCUT2D eigenvalue weighted by Gasteiger charge is 2.03. The van der Waals surface area contributed by atoms with Crippen molar-refractivity contribution in [3.63, 3.8) is 0 Å². The summed E-state index contributed by atoms with van der Waals surface area (Å²) in [5.41, 5.74) is 1.28. The van der Waals surface area contributed by atoms with Gasteiger partial charge >= 0.3 is 0 Å². The van der Waals surface area contributed by atoms with Gasteiger partial charge in [-0.1, -0.05) is 24.3 Å². The minimum atomic E-state index is 0.733. The number of rotatable bonds is 0. The van der Waals surface area contributed by atoms with E-state index < -0.39 is 0 Å². The first-order valence-corrected chi connectivity index (χ1v) is 5.40. The van der Waals surface area contributed by atoms with Crippen LogP contribution in [0.15, 0.2) is 73.0 Å². The molecule has 0 N–H and O–H groups in total. The van der Waals surface area contributed by atoms with Crippen LogP contribution in [0.3, 0.4) is 0 Å². The molecule has 0 saturated carbocycles. The largest absolute Gasteiger partial charge is 0.497 e. The fraction of sp³-hybridized carbons (Fsp3) is 0.143. The predicted octanol–water partition coefficient (Wildman–Crippen LogP) is 3.26. The molecular formula is C14H15NO. The summed E-state index contributed by atoms with van der Waals surface area (Å²) in [6.45, 7) is 0.733. The van der Waals surface area contributed by atoms with E-state index in [0.29, 0.717) is 0 Å². The van der Waals surface area contributed by atoms with E-state index in [1.165, 1.54) is 5.70 Å². The SMILES string of the molecule is C1=CC2=CCC=CN2C=C1.C1=CCOC=C1. The summed E-state index contributed by atoms with van der Waals surface area (Å²) < 4.78 is 4.80. The van der Waals surface area contributed by atoms with Gasteiger partial charge in [0, 0.05) is 18.1 Å². The molecular weight excluding hydrogens is 198 g/mol. The molecule has 0 bridgehead atoms. The van der Waals surface area contributed by atoms with Crippen molar-refractivity contribution in [2.75, 3.05) is 6.61 Å². The summed E-state index contributed by atoms with van der Waals surface area (Å²) in [6, 6.07) is 0. The van der Waals surface area contributed by atoms with Crippen LogP contribution in [0.1, 0.15) is 6.42 Å². The van der Waals surface area contributed by atoms with Crippen molar-refractivity contribution < 1.29 is 4.74 Å². The Bertz CT molecular complexity index is 385. The van der Waals surface area contributed by atoms with Crippen LogP contribution in [0.25, 0.3) is 0 Å². The molecule has 0 radical (unpaired) electrons. The summed E-state index contributed by atoms with van der Waals surface area (Å²) in [6.07, 6.45) is 23.2. The second-order valence-corrected chi connectivity index (χ2v) is 3.45. The lowest BCUT2D eigenvalue weighted by molar-refractivity contribution is 0.286. The molecule has 0 fully saturated rings. The third kappa shape index (κ3) is 3.02. The average molecular weight is 213 g/mol. The first-order valence-electron chi connectivity index (χ1n) is 5.40. The van der Waals surface area contributed by atoms with Gasteiger partial charge in [-0.3, -0.25) is 0 Å². The Labute approximate surface area is 96.2 Å². The standard InChI is InChI=1S/C9H9N.C5H6O/c1-3-7-10-8-4-2-6-9(10)5-1;1-2-4-6-5-3-1/h1,3-8H,2H2;1-4H,5H2. The summed E-state index contributed by atoms with van der Waals surface area (Å²) >= 11 is 0. The van der Waals surface area contributed by atoms with E-state index >= 15 is 0 Å². The summed E-state index contributed by atoms with van der Waals surface area (Å²) in [5, 5.41) is 0. The Morgan fingerprint density at radius 1 is 1.00 bits per heavy atom. The van der Waals surface area contributed by atoms with Gasteiger partial charge in [0.05, 0.1) is 6.26 Å². The molecule has 0 aliphatic carbocycles. The maximum Gasteiger partial charge on any atom is 0.106 e. The molecule has 82 valence electrons. The van der Waals surface area contributed by atoms with Crippen LogP contribution in [-0.4, -0.2) is 11.5 Å². The molecule has 3 rings (SSSR count). The van der Waals surface area contributed by atoms with E-state index in [1.54, 1.807) is 6.26 Å². The van der Waals surface area contributed by atoms with Gasteiger partial charge in [0.15, 0.2) is 0 Å². The van der Waals surface area contributed by atoms with Gasteiger partial charge in [-0.25, -0.2) is 0 Å². The minimum absolute atomic E-state index is 0.733. The third-order valence-corrected chi connectivity index (χ3v) is 2.27. The molecule has 0 aromatic heterocycles. The number of fused-ring (bicyclic) bond motifs is 1. The van der Waals surface area contributed by atoms with Crippen molar-refractivity contribution in [1.29, 1.82) is 0 Å². The molecule has 0 aromatic carbocycles. The van der Waals surface area contributed by atoms with Crippen LogP contribution in [0.2, 0.25) is 0 Å². The van der Waals surface area contributed by atoms with E-state index in [0.717, 1.165) is 13.0 Å². The van der Waals surface area contributed by atoms with Gasteiger partial charge in [-0.2, -0.15) is 0 Å². The smallest absolute Gasteiger partial charge is 0.106 e. The predicted molar refractivity (Wildman–Crippen MR) is 66.2 cm³/mol. The molecule has 3 aliphatic heterocycles. The maximum atomic E-state index is 4.80. The second kappa shape index (κ2) is 5.81. The van der Waals surface area contributed by atoms with Crippen LogP contribution in [0.5, 0.6) is 0 Å². The topological polar surface area (TPSA) is 12.5 Å². The molecule has 2 nitrogen and oxygen atoms in total. The third-order valence-electron chi connectivity index (χ3n) is 2.27. The van der Waals surface area contributed by atoms with E-state index in [4.69, 9.17) is 4.74 Å². The second-order valence-electron chi connectivity index (χ2n) is 3.45. The van der Waals surface area contributed by atoms with Crippen LogP contribution < -0.4 is 0 Å². The highest BCUT2D eigenvalue weighted by atomic mass is 16.5. The molecule has 3 heterocycles. The zero-order valence-electron chi connectivity index (χ0n) is 9.12.